The van der Waals surface area contributed by atoms with Gasteiger partial charge in [0, 0.05) is 6.54 Å². The van der Waals surface area contributed by atoms with Crippen molar-refractivity contribution in [3.63, 3.8) is 0 Å². The van der Waals surface area contributed by atoms with Gasteiger partial charge in [0.1, 0.15) is 0 Å². The van der Waals surface area contributed by atoms with Gasteiger partial charge in [-0.2, -0.15) is 0 Å². The Bertz CT molecular complexity index is 251. The van der Waals surface area contributed by atoms with E-state index in [4.69, 9.17) is 20.0 Å². The van der Waals surface area contributed by atoms with Gasteiger partial charge in [-0.25, -0.2) is 0 Å². The zero-order valence-electron chi connectivity index (χ0n) is 9.51. The molecule has 0 aliphatic carbocycles. The second-order valence-electron chi connectivity index (χ2n) is 3.53. The highest BCUT2D eigenvalue weighted by Gasteiger charge is 2.34. The Labute approximate surface area is 90.0 Å². The maximum Gasteiger partial charge on any atom is 0.380 e. The van der Waals surface area contributed by atoms with Crippen LogP contribution in [-0.4, -0.2) is 29.4 Å². The molecule has 0 amide bonds. The molecule has 0 spiro atoms. The zero-order chi connectivity index (χ0) is 12.1. The van der Waals surface area contributed by atoms with E-state index in [-0.39, 0.29) is 24.2 Å². The van der Waals surface area contributed by atoms with E-state index in [2.05, 4.69) is 5.16 Å². The molecular weight excluding hydrogens is 219 g/mol. The number of oxime groups is 1. The van der Waals surface area contributed by atoms with Crippen molar-refractivity contribution in [2.24, 2.45) is 10.9 Å². The molecule has 0 aromatic carbocycles. The minimum atomic E-state index is -3.57. The van der Waals surface area contributed by atoms with Crippen LogP contribution >= 0.6 is 7.60 Å². The van der Waals surface area contributed by atoms with Crippen LogP contribution in [0, 0.1) is 0 Å². The lowest BCUT2D eigenvalue weighted by Crippen LogP contribution is -2.20. The molecule has 0 aromatic heterocycles. The third-order valence-electron chi connectivity index (χ3n) is 1.31. The lowest BCUT2D eigenvalue weighted by atomic mass is 10.5. The molecule has 0 saturated carbocycles. The molecule has 0 aromatic rings. The summed E-state index contributed by atoms with van der Waals surface area (Å²) in [5.41, 5.74) is 5.14. The van der Waals surface area contributed by atoms with Gasteiger partial charge in [-0.1, -0.05) is 5.16 Å². The summed E-state index contributed by atoms with van der Waals surface area (Å²) in [5.74, 6) is 0. The van der Waals surface area contributed by atoms with Gasteiger partial charge in [0.15, 0.2) is 5.45 Å². The van der Waals surface area contributed by atoms with Crippen LogP contribution in [0.4, 0.5) is 0 Å². The predicted molar refractivity (Wildman–Crippen MR) is 58.3 cm³/mol. The van der Waals surface area contributed by atoms with Crippen LogP contribution in [0.5, 0.6) is 0 Å². The minimum Gasteiger partial charge on any atom is -0.410 e. The monoisotopic (exact) mass is 238 g/mol. The first kappa shape index (κ1) is 14.6. The van der Waals surface area contributed by atoms with Gasteiger partial charge < -0.3 is 20.0 Å². The lowest BCUT2D eigenvalue weighted by molar-refractivity contribution is 0.151. The average molecular weight is 238 g/mol. The van der Waals surface area contributed by atoms with Gasteiger partial charge >= 0.3 is 7.60 Å². The van der Waals surface area contributed by atoms with Gasteiger partial charge in [-0.05, 0) is 27.7 Å². The highest BCUT2D eigenvalue weighted by atomic mass is 31.2. The second-order valence-corrected chi connectivity index (χ2v) is 5.46. The van der Waals surface area contributed by atoms with Crippen molar-refractivity contribution in [3.05, 3.63) is 0 Å². The molecule has 0 rings (SSSR count). The smallest absolute Gasteiger partial charge is 0.380 e. The van der Waals surface area contributed by atoms with Crippen LogP contribution in [0.1, 0.15) is 27.7 Å². The van der Waals surface area contributed by atoms with Crippen LogP contribution in [0.15, 0.2) is 5.16 Å². The molecule has 0 fully saturated rings. The molecule has 15 heavy (non-hydrogen) atoms. The summed E-state index contributed by atoms with van der Waals surface area (Å²) >= 11 is 0. The number of hydrogen-bond donors (Lipinski definition) is 2. The summed E-state index contributed by atoms with van der Waals surface area (Å²) < 4.78 is 22.5. The van der Waals surface area contributed by atoms with Crippen molar-refractivity contribution >= 4 is 13.0 Å². The van der Waals surface area contributed by atoms with Crippen molar-refractivity contribution in [3.8, 4) is 0 Å². The summed E-state index contributed by atoms with van der Waals surface area (Å²) in [6.45, 7) is 6.67. The number of hydrogen-bond acceptors (Lipinski definition) is 6. The van der Waals surface area contributed by atoms with Crippen LogP contribution in [0.25, 0.3) is 0 Å². The highest BCUT2D eigenvalue weighted by molar-refractivity contribution is 7.72. The molecule has 90 valence electrons. The molecule has 3 N–H and O–H groups in total. The van der Waals surface area contributed by atoms with Gasteiger partial charge in [0.2, 0.25) is 0 Å². The number of rotatable bonds is 6. The van der Waals surface area contributed by atoms with Gasteiger partial charge in [-0.3, -0.25) is 4.57 Å². The zero-order valence-corrected chi connectivity index (χ0v) is 10.4. The molecule has 0 radical (unpaired) electrons. The van der Waals surface area contributed by atoms with E-state index in [0.29, 0.717) is 0 Å². The summed E-state index contributed by atoms with van der Waals surface area (Å²) in [7, 11) is -3.57. The van der Waals surface area contributed by atoms with Crippen molar-refractivity contribution in [2.45, 2.75) is 39.9 Å². The highest BCUT2D eigenvalue weighted by Crippen LogP contribution is 2.51. The summed E-state index contributed by atoms with van der Waals surface area (Å²) in [6.07, 6.45) is -0.615. The Morgan fingerprint density at radius 2 is 1.73 bits per heavy atom. The SMILES string of the molecule is CC(C)OP(=O)(OC(C)C)/C(CN)=N/O. The largest absolute Gasteiger partial charge is 0.410 e. The molecule has 6 nitrogen and oxygen atoms in total. The average Bonchev–Trinajstić information content (AvgIpc) is 2.01. The first-order valence-corrected chi connectivity index (χ1v) is 6.28. The minimum absolute atomic E-state index is 0.162. The summed E-state index contributed by atoms with van der Waals surface area (Å²) in [4.78, 5) is 0. The molecule has 0 saturated heterocycles. The predicted octanol–water partition coefficient (Wildman–Crippen LogP) is 1.78. The molecule has 0 heterocycles. The Morgan fingerprint density at radius 1 is 1.33 bits per heavy atom. The fourth-order valence-corrected chi connectivity index (χ4v) is 2.65. The van der Waals surface area contributed by atoms with E-state index in [1.54, 1.807) is 27.7 Å². The van der Waals surface area contributed by atoms with E-state index in [9.17, 15) is 4.57 Å². The Hall–Kier alpha value is -0.420. The van der Waals surface area contributed by atoms with Crippen LogP contribution < -0.4 is 5.73 Å². The first-order chi connectivity index (χ1) is 6.85. The van der Waals surface area contributed by atoms with Gasteiger partial charge in [-0.15, -0.1) is 0 Å². The Kier molecular flexibility index (Phi) is 6.05. The van der Waals surface area contributed by atoms with E-state index in [0.717, 1.165) is 0 Å². The van der Waals surface area contributed by atoms with Gasteiger partial charge in [0.25, 0.3) is 0 Å². The third kappa shape index (κ3) is 4.75. The molecule has 0 aliphatic rings. The van der Waals surface area contributed by atoms with Crippen LogP contribution in [-0.2, 0) is 13.6 Å². The van der Waals surface area contributed by atoms with Crippen LogP contribution in [0.2, 0.25) is 0 Å². The molecular formula is C8H19N2O4P. The van der Waals surface area contributed by atoms with Crippen molar-refractivity contribution in [1.82, 2.24) is 0 Å². The maximum absolute atomic E-state index is 12.2. The first-order valence-electron chi connectivity index (χ1n) is 4.74. The fourth-order valence-electron chi connectivity index (χ4n) is 0.909. The molecule has 7 heteroatoms. The van der Waals surface area contributed by atoms with Crippen molar-refractivity contribution in [2.75, 3.05) is 6.54 Å². The topological polar surface area (TPSA) is 94.1 Å². The quantitative estimate of drug-likeness (QED) is 0.318. The van der Waals surface area contributed by atoms with Gasteiger partial charge in [0.05, 0.1) is 12.2 Å². The van der Waals surface area contributed by atoms with E-state index < -0.39 is 7.60 Å². The van der Waals surface area contributed by atoms with E-state index in [1.165, 1.54) is 0 Å². The fraction of sp³-hybridized carbons (Fsp3) is 0.875. The molecule has 0 unspecified atom stereocenters. The maximum atomic E-state index is 12.2. The standard InChI is InChI=1S/C8H19N2O4P/c1-6(2)13-15(12,14-7(3)4)8(5-9)10-11/h6-7,11H,5,9H2,1-4H3/b10-8+. The molecule has 0 aliphatic heterocycles. The Morgan fingerprint density at radius 3 is 1.93 bits per heavy atom. The lowest BCUT2D eigenvalue weighted by Gasteiger charge is -2.22. The van der Waals surface area contributed by atoms with E-state index >= 15 is 0 Å². The molecule has 0 bridgehead atoms. The third-order valence-corrected chi connectivity index (χ3v) is 3.62. The van der Waals surface area contributed by atoms with Crippen molar-refractivity contribution < 1.29 is 18.8 Å². The van der Waals surface area contributed by atoms with Crippen LogP contribution in [0.3, 0.4) is 0 Å². The summed E-state index contributed by atoms with van der Waals surface area (Å²) in [5, 5.41) is 11.5. The number of nitrogens with two attached hydrogens (primary N) is 1. The normalized spacial score (nSPS) is 13.9. The van der Waals surface area contributed by atoms with E-state index in [1.807, 2.05) is 0 Å². The molecule has 0 atom stereocenters. The number of nitrogens with zero attached hydrogens (tertiary/aromatic N) is 1. The second kappa shape index (κ2) is 6.23. The summed E-state index contributed by atoms with van der Waals surface area (Å²) in [6, 6.07) is 0. The Balaban J connectivity index is 4.93. The van der Waals surface area contributed by atoms with Crippen molar-refractivity contribution in [1.29, 1.82) is 0 Å².